The SMILES string of the molecule is CC(C)(C)c1ccc(N2B3c4cc5c(cc4N(c4ccc(C(C)(C)C)cc4-c4ccccc4)c4cc6c(oc7ccccc76)c(c43)-c3ccccc32)-c2ccccc2C5(C)C)cc1. The summed E-state index contributed by atoms with van der Waals surface area (Å²) in [6.45, 7) is 18.5. The average Bonchev–Trinajstić information content (AvgIpc) is 3.76. The zero-order chi connectivity index (χ0) is 43.2. The van der Waals surface area contributed by atoms with Crippen LogP contribution >= 0.6 is 0 Å². The molecular formula is C59H51BN2O. The second-order valence-corrected chi connectivity index (χ2v) is 20.6. The van der Waals surface area contributed by atoms with Crippen LogP contribution < -0.4 is 20.6 Å². The summed E-state index contributed by atoms with van der Waals surface area (Å²) in [7, 11) is 0. The molecule has 4 heteroatoms. The molecule has 9 aromatic rings. The van der Waals surface area contributed by atoms with Gasteiger partial charge in [0.05, 0.1) is 5.69 Å². The van der Waals surface area contributed by atoms with Gasteiger partial charge in [-0.3, -0.25) is 0 Å². The zero-order valence-corrected chi connectivity index (χ0v) is 37.5. The Balaban J connectivity index is 1.26. The lowest BCUT2D eigenvalue weighted by molar-refractivity contribution is 0.590. The van der Waals surface area contributed by atoms with E-state index in [9.17, 15) is 0 Å². The highest BCUT2D eigenvalue weighted by molar-refractivity contribution is 6.94. The standard InChI is InChI=1S/C59H51BN2O/c1-57(2,3)37-26-29-39(30-27-37)62-50-24-16-13-22-42(50)54-55-52(34-45-41-21-14-17-25-53(41)63-56(45)54)61(49-31-28-38(58(4,5)6)32-43(49)36-18-10-9-11-19-36)51-33-44-40-20-12-15-23-46(40)59(7,8)47(44)35-48(51)60(55)62/h9-35H,1-8H3. The fourth-order valence-corrected chi connectivity index (χ4v) is 11.1. The van der Waals surface area contributed by atoms with Crippen molar-refractivity contribution in [3.8, 4) is 33.4 Å². The molecule has 3 heterocycles. The molecule has 0 spiro atoms. The molecule has 63 heavy (non-hydrogen) atoms. The van der Waals surface area contributed by atoms with Gasteiger partial charge in [0.2, 0.25) is 0 Å². The molecule has 3 nitrogen and oxygen atoms in total. The van der Waals surface area contributed by atoms with Crippen molar-refractivity contribution < 1.29 is 4.42 Å². The quantitative estimate of drug-likeness (QED) is 0.166. The van der Waals surface area contributed by atoms with Crippen LogP contribution in [0, 0.1) is 0 Å². The number of anilines is 5. The van der Waals surface area contributed by atoms with E-state index in [1.807, 2.05) is 0 Å². The predicted molar refractivity (Wildman–Crippen MR) is 268 cm³/mol. The number of rotatable bonds is 3. The average molecular weight is 815 g/mol. The Morgan fingerprint density at radius 2 is 1.16 bits per heavy atom. The molecule has 0 unspecified atom stereocenters. The Labute approximate surface area is 371 Å². The monoisotopic (exact) mass is 814 g/mol. The van der Waals surface area contributed by atoms with Gasteiger partial charge in [-0.05, 0) is 109 Å². The topological polar surface area (TPSA) is 19.6 Å². The first-order valence-electron chi connectivity index (χ1n) is 22.5. The molecule has 1 aliphatic carbocycles. The van der Waals surface area contributed by atoms with Crippen molar-refractivity contribution in [2.75, 3.05) is 9.71 Å². The third-order valence-corrected chi connectivity index (χ3v) is 14.4. The van der Waals surface area contributed by atoms with Crippen LogP contribution in [-0.2, 0) is 16.2 Å². The van der Waals surface area contributed by atoms with Crippen LogP contribution in [0.2, 0.25) is 0 Å². The summed E-state index contributed by atoms with van der Waals surface area (Å²) in [6, 6.07) is 61.7. The minimum absolute atomic E-state index is 0.0308. The van der Waals surface area contributed by atoms with Crippen molar-refractivity contribution in [2.24, 2.45) is 0 Å². The Morgan fingerprint density at radius 1 is 0.492 bits per heavy atom. The summed E-state index contributed by atoms with van der Waals surface area (Å²) in [5.74, 6) is 0. The van der Waals surface area contributed by atoms with Crippen molar-refractivity contribution in [1.29, 1.82) is 0 Å². The summed E-state index contributed by atoms with van der Waals surface area (Å²) in [4.78, 5) is 5.24. The Kier molecular flexibility index (Phi) is 7.91. The highest BCUT2D eigenvalue weighted by Gasteiger charge is 2.48. The lowest BCUT2D eigenvalue weighted by atomic mass is 9.43. The summed E-state index contributed by atoms with van der Waals surface area (Å²) >= 11 is 0. The van der Waals surface area contributed by atoms with E-state index in [0.717, 1.165) is 27.6 Å². The fraction of sp³-hybridized carbons (Fsp3) is 0.186. The van der Waals surface area contributed by atoms with Crippen LogP contribution in [0.15, 0.2) is 168 Å². The molecular weight excluding hydrogens is 763 g/mol. The summed E-state index contributed by atoms with van der Waals surface area (Å²) in [5.41, 5.74) is 22.9. The molecule has 0 atom stereocenters. The van der Waals surface area contributed by atoms with E-state index in [-0.39, 0.29) is 23.1 Å². The fourth-order valence-electron chi connectivity index (χ4n) is 11.1. The molecule has 3 aliphatic rings. The molecule has 2 aliphatic heterocycles. The van der Waals surface area contributed by atoms with Crippen molar-refractivity contribution in [1.82, 2.24) is 0 Å². The molecule has 0 amide bonds. The number of furan rings is 1. The normalized spacial score (nSPS) is 14.7. The number of hydrogen-bond acceptors (Lipinski definition) is 3. The third kappa shape index (κ3) is 5.46. The predicted octanol–water partition coefficient (Wildman–Crippen LogP) is 14.9. The lowest BCUT2D eigenvalue weighted by Gasteiger charge is -2.46. The van der Waals surface area contributed by atoms with Gasteiger partial charge >= 0.3 is 6.85 Å². The Morgan fingerprint density at radius 3 is 1.92 bits per heavy atom. The molecule has 8 aromatic carbocycles. The largest absolute Gasteiger partial charge is 0.455 e. The smallest absolute Gasteiger partial charge is 0.333 e. The number of benzene rings is 8. The van der Waals surface area contributed by atoms with Crippen molar-refractivity contribution in [2.45, 2.75) is 71.6 Å². The summed E-state index contributed by atoms with van der Waals surface area (Å²) in [5, 5.41) is 2.26. The number of nitrogens with zero attached hydrogens (tertiary/aromatic N) is 2. The third-order valence-electron chi connectivity index (χ3n) is 14.4. The van der Waals surface area contributed by atoms with Gasteiger partial charge in [0.1, 0.15) is 11.2 Å². The highest BCUT2D eigenvalue weighted by atomic mass is 16.3. The van der Waals surface area contributed by atoms with Gasteiger partial charge < -0.3 is 14.1 Å². The lowest BCUT2D eigenvalue weighted by Crippen LogP contribution is -2.61. The van der Waals surface area contributed by atoms with Crippen molar-refractivity contribution in [3.63, 3.8) is 0 Å². The second-order valence-electron chi connectivity index (χ2n) is 20.6. The molecule has 0 bridgehead atoms. The van der Waals surface area contributed by atoms with Crippen LogP contribution in [0.5, 0.6) is 0 Å². The first-order chi connectivity index (χ1) is 30.3. The highest BCUT2D eigenvalue weighted by Crippen LogP contribution is 2.55. The van der Waals surface area contributed by atoms with Crippen LogP contribution in [0.4, 0.5) is 28.4 Å². The van der Waals surface area contributed by atoms with Gasteiger partial charge in [-0.1, -0.05) is 171 Å². The van der Waals surface area contributed by atoms with Gasteiger partial charge in [-0.2, -0.15) is 0 Å². The maximum absolute atomic E-state index is 7.06. The number of para-hydroxylation sites is 2. The molecule has 0 N–H and O–H groups in total. The molecule has 0 saturated heterocycles. The first-order valence-corrected chi connectivity index (χ1v) is 22.5. The molecule has 0 saturated carbocycles. The van der Waals surface area contributed by atoms with Crippen LogP contribution in [0.3, 0.4) is 0 Å². The van der Waals surface area contributed by atoms with Gasteiger partial charge in [-0.25, -0.2) is 0 Å². The van der Waals surface area contributed by atoms with E-state index in [0.29, 0.717) is 0 Å². The van der Waals surface area contributed by atoms with Crippen LogP contribution in [0.25, 0.3) is 55.3 Å². The minimum Gasteiger partial charge on any atom is -0.455 e. The maximum Gasteiger partial charge on any atom is 0.333 e. The van der Waals surface area contributed by atoms with Gasteiger partial charge in [-0.15, -0.1) is 0 Å². The van der Waals surface area contributed by atoms with Gasteiger partial charge in [0.25, 0.3) is 0 Å². The van der Waals surface area contributed by atoms with E-state index >= 15 is 0 Å². The Hall–Kier alpha value is -6.78. The van der Waals surface area contributed by atoms with E-state index in [1.54, 1.807) is 0 Å². The minimum atomic E-state index is -0.188. The molecule has 1 aromatic heterocycles. The van der Waals surface area contributed by atoms with Gasteiger partial charge in [0, 0.05) is 55.6 Å². The van der Waals surface area contributed by atoms with Crippen molar-refractivity contribution >= 4 is 68.1 Å². The van der Waals surface area contributed by atoms with E-state index in [2.05, 4.69) is 229 Å². The van der Waals surface area contributed by atoms with E-state index in [4.69, 9.17) is 4.42 Å². The number of hydrogen-bond donors (Lipinski definition) is 0. The summed E-state index contributed by atoms with van der Waals surface area (Å²) in [6.07, 6.45) is 0. The number of fused-ring (bicyclic) bond motifs is 11. The van der Waals surface area contributed by atoms with Crippen molar-refractivity contribution in [3.05, 3.63) is 186 Å². The molecule has 0 radical (unpaired) electrons. The van der Waals surface area contributed by atoms with Crippen LogP contribution in [-0.4, -0.2) is 6.85 Å². The second kappa shape index (κ2) is 13.1. The zero-order valence-electron chi connectivity index (χ0n) is 37.5. The van der Waals surface area contributed by atoms with Gasteiger partial charge in [0.15, 0.2) is 0 Å². The molecule has 12 rings (SSSR count). The Bertz CT molecular complexity index is 3340. The summed E-state index contributed by atoms with van der Waals surface area (Å²) < 4.78 is 7.06. The van der Waals surface area contributed by atoms with E-state index < -0.39 is 0 Å². The maximum atomic E-state index is 7.06. The van der Waals surface area contributed by atoms with E-state index in [1.165, 1.54) is 89.3 Å². The first kappa shape index (κ1) is 37.9. The van der Waals surface area contributed by atoms with Crippen LogP contribution in [0.1, 0.15) is 77.6 Å². The molecule has 0 fully saturated rings. The molecule has 306 valence electrons.